The van der Waals surface area contributed by atoms with E-state index in [1.807, 2.05) is 24.3 Å². The minimum absolute atomic E-state index is 0.0575. The van der Waals surface area contributed by atoms with Crippen LogP contribution in [0.4, 0.5) is 11.4 Å². The Morgan fingerprint density at radius 1 is 1.15 bits per heavy atom. The highest BCUT2D eigenvalue weighted by molar-refractivity contribution is 8.00. The summed E-state index contributed by atoms with van der Waals surface area (Å²) < 4.78 is 5.59. The van der Waals surface area contributed by atoms with Gasteiger partial charge in [-0.2, -0.15) is 0 Å². The number of anilines is 1. The lowest BCUT2D eigenvalue weighted by atomic mass is 10.1. The number of nitrogens with one attached hydrogen (secondary N) is 1. The number of nitro benzene ring substituents is 1. The first kappa shape index (κ1) is 17.2. The molecular formula is C18H14N4O4S. The fourth-order valence-electron chi connectivity index (χ4n) is 2.91. The summed E-state index contributed by atoms with van der Waals surface area (Å²) in [6.45, 7) is 0. The molecule has 0 fully saturated rings. The summed E-state index contributed by atoms with van der Waals surface area (Å²) in [5.74, 6) is -0.0718. The zero-order valence-corrected chi connectivity index (χ0v) is 14.8. The number of thioether (sulfide) groups is 1. The van der Waals surface area contributed by atoms with Crippen molar-refractivity contribution in [3.05, 3.63) is 64.2 Å². The number of nitro groups is 1. The van der Waals surface area contributed by atoms with Crippen LogP contribution in [0.5, 0.6) is 0 Å². The van der Waals surface area contributed by atoms with Gasteiger partial charge in [-0.25, -0.2) is 0 Å². The number of hydrogen-bond acceptors (Lipinski definition) is 7. The van der Waals surface area contributed by atoms with Crippen molar-refractivity contribution in [3.63, 3.8) is 0 Å². The van der Waals surface area contributed by atoms with Gasteiger partial charge in [0.05, 0.1) is 10.2 Å². The molecule has 0 spiro atoms. The van der Waals surface area contributed by atoms with Crippen molar-refractivity contribution in [2.75, 3.05) is 5.32 Å². The van der Waals surface area contributed by atoms with Crippen LogP contribution >= 0.6 is 11.8 Å². The van der Waals surface area contributed by atoms with Crippen molar-refractivity contribution in [2.45, 2.75) is 23.3 Å². The van der Waals surface area contributed by atoms with E-state index in [1.165, 1.54) is 6.07 Å². The molecule has 27 heavy (non-hydrogen) atoms. The highest BCUT2D eigenvalue weighted by Crippen LogP contribution is 2.34. The zero-order valence-electron chi connectivity index (χ0n) is 14.0. The molecule has 0 aliphatic carbocycles. The summed E-state index contributed by atoms with van der Waals surface area (Å²) >= 11 is 1.16. The Bertz CT molecular complexity index is 1020. The maximum Gasteiger partial charge on any atom is 0.282 e. The molecule has 136 valence electrons. The summed E-state index contributed by atoms with van der Waals surface area (Å²) in [7, 11) is 0. The number of para-hydroxylation sites is 2. The molecule has 3 aromatic rings. The third kappa shape index (κ3) is 3.54. The van der Waals surface area contributed by atoms with Gasteiger partial charge < -0.3 is 9.73 Å². The van der Waals surface area contributed by atoms with Gasteiger partial charge in [-0.1, -0.05) is 42.1 Å². The summed E-state index contributed by atoms with van der Waals surface area (Å²) in [5, 5.41) is 21.7. The Balaban J connectivity index is 1.54. The van der Waals surface area contributed by atoms with E-state index in [2.05, 4.69) is 15.5 Å². The predicted molar refractivity (Wildman–Crippen MR) is 99.4 cm³/mol. The first-order valence-electron chi connectivity index (χ1n) is 8.24. The number of carbonyl (C=O) groups excluding carboxylic acids is 1. The minimum atomic E-state index is -0.498. The summed E-state index contributed by atoms with van der Waals surface area (Å²) in [4.78, 5) is 23.2. The van der Waals surface area contributed by atoms with Crippen LogP contribution in [0.25, 0.3) is 11.5 Å². The normalized spacial score (nSPS) is 16.3. The van der Waals surface area contributed by atoms with Crippen molar-refractivity contribution in [3.8, 4) is 11.5 Å². The van der Waals surface area contributed by atoms with Crippen molar-refractivity contribution < 1.29 is 14.1 Å². The molecule has 0 bridgehead atoms. The molecule has 0 radical (unpaired) electrons. The van der Waals surface area contributed by atoms with Crippen LogP contribution in [-0.2, 0) is 11.2 Å². The molecule has 0 saturated heterocycles. The number of hydrogen-bond donors (Lipinski definition) is 1. The Labute approximate surface area is 158 Å². The van der Waals surface area contributed by atoms with Crippen LogP contribution in [0.2, 0.25) is 0 Å². The van der Waals surface area contributed by atoms with E-state index in [4.69, 9.17) is 4.42 Å². The molecule has 2 heterocycles. The number of nitrogens with zero attached hydrogens (tertiary/aromatic N) is 3. The molecule has 1 aliphatic rings. The fourth-order valence-corrected chi connectivity index (χ4v) is 3.77. The zero-order chi connectivity index (χ0) is 18.8. The molecule has 1 N–H and O–H groups in total. The second kappa shape index (κ2) is 7.20. The van der Waals surface area contributed by atoms with Gasteiger partial charge in [-0.05, 0) is 30.5 Å². The quantitative estimate of drug-likeness (QED) is 0.541. The number of benzene rings is 2. The lowest BCUT2D eigenvalue weighted by Gasteiger charge is -2.09. The molecular weight excluding hydrogens is 368 g/mol. The highest BCUT2D eigenvalue weighted by atomic mass is 32.2. The van der Waals surface area contributed by atoms with E-state index < -0.39 is 10.2 Å². The van der Waals surface area contributed by atoms with Crippen LogP contribution in [0, 0.1) is 10.1 Å². The molecule has 2 aromatic carbocycles. The van der Waals surface area contributed by atoms with Crippen molar-refractivity contribution in [2.24, 2.45) is 0 Å². The molecule has 1 aliphatic heterocycles. The van der Waals surface area contributed by atoms with Gasteiger partial charge in [0.2, 0.25) is 5.91 Å². The first-order valence-corrected chi connectivity index (χ1v) is 9.12. The largest absolute Gasteiger partial charge is 0.411 e. The van der Waals surface area contributed by atoms with Crippen molar-refractivity contribution >= 4 is 29.0 Å². The van der Waals surface area contributed by atoms with Crippen molar-refractivity contribution in [1.29, 1.82) is 0 Å². The third-order valence-corrected chi connectivity index (χ3v) is 5.33. The van der Waals surface area contributed by atoms with Gasteiger partial charge in [0.1, 0.15) is 5.56 Å². The number of aryl methyl sites for hydroxylation is 1. The van der Waals surface area contributed by atoms with Crippen LogP contribution in [0.1, 0.15) is 12.0 Å². The van der Waals surface area contributed by atoms with Gasteiger partial charge in [0.15, 0.2) is 0 Å². The Morgan fingerprint density at radius 2 is 1.93 bits per heavy atom. The Morgan fingerprint density at radius 3 is 2.78 bits per heavy atom. The fraction of sp³-hybridized carbons (Fsp3) is 0.167. The van der Waals surface area contributed by atoms with Gasteiger partial charge in [0, 0.05) is 11.8 Å². The monoisotopic (exact) mass is 382 g/mol. The second-order valence-corrected chi connectivity index (χ2v) is 7.09. The summed E-state index contributed by atoms with van der Waals surface area (Å²) in [6, 6.07) is 13.8. The molecule has 0 saturated carbocycles. The number of aromatic nitrogens is 2. The van der Waals surface area contributed by atoms with Crippen LogP contribution in [0.3, 0.4) is 0 Å². The molecule has 9 heteroatoms. The minimum Gasteiger partial charge on any atom is -0.411 e. The molecule has 4 rings (SSSR count). The van der Waals surface area contributed by atoms with Crippen LogP contribution < -0.4 is 5.32 Å². The third-order valence-electron chi connectivity index (χ3n) is 4.22. The van der Waals surface area contributed by atoms with Crippen LogP contribution in [-0.4, -0.2) is 26.3 Å². The smallest absolute Gasteiger partial charge is 0.282 e. The number of carbonyl (C=O) groups is 1. The first-order chi connectivity index (χ1) is 13.1. The average molecular weight is 382 g/mol. The Hall–Kier alpha value is -3.20. The maximum absolute atomic E-state index is 12.5. The van der Waals surface area contributed by atoms with E-state index in [0.717, 1.165) is 29.4 Å². The molecule has 8 nitrogen and oxygen atoms in total. The SMILES string of the molecule is O=C1Nc2ccccc2CCC1Sc1nnc(-c2ccccc2[N+](=O)[O-])o1. The van der Waals surface area contributed by atoms with E-state index in [0.29, 0.717) is 6.42 Å². The highest BCUT2D eigenvalue weighted by Gasteiger charge is 2.27. The predicted octanol–water partition coefficient (Wildman–Crippen LogP) is 3.69. The lowest BCUT2D eigenvalue weighted by molar-refractivity contribution is -0.384. The number of amides is 1. The van der Waals surface area contributed by atoms with Gasteiger partial charge in [-0.15, -0.1) is 10.2 Å². The van der Waals surface area contributed by atoms with E-state index in [9.17, 15) is 14.9 Å². The lowest BCUT2D eigenvalue weighted by Crippen LogP contribution is -2.23. The average Bonchev–Trinajstić information content (AvgIpc) is 3.08. The molecule has 1 atom stereocenters. The van der Waals surface area contributed by atoms with E-state index in [1.54, 1.807) is 18.2 Å². The van der Waals surface area contributed by atoms with Gasteiger partial charge >= 0.3 is 0 Å². The summed E-state index contributed by atoms with van der Waals surface area (Å²) in [5.41, 5.74) is 2.04. The molecule has 1 unspecified atom stereocenters. The summed E-state index contributed by atoms with van der Waals surface area (Å²) in [6.07, 6.45) is 1.37. The molecule has 1 amide bonds. The Kier molecular flexibility index (Phi) is 4.59. The standard InChI is InChI=1S/C18H14N4O4S/c23-16-15(10-9-11-5-1-3-7-13(11)19-16)27-18-21-20-17(26-18)12-6-2-4-8-14(12)22(24)25/h1-8,15H,9-10H2,(H,19,23). The second-order valence-electron chi connectivity index (χ2n) is 5.94. The van der Waals surface area contributed by atoms with Gasteiger partial charge in [0.25, 0.3) is 16.8 Å². The van der Waals surface area contributed by atoms with E-state index >= 15 is 0 Å². The molecule has 1 aromatic heterocycles. The topological polar surface area (TPSA) is 111 Å². The van der Waals surface area contributed by atoms with Crippen molar-refractivity contribution in [1.82, 2.24) is 10.2 Å². The van der Waals surface area contributed by atoms with E-state index in [-0.39, 0.29) is 28.3 Å². The van der Waals surface area contributed by atoms with Gasteiger partial charge in [-0.3, -0.25) is 14.9 Å². The number of rotatable bonds is 4. The number of fused-ring (bicyclic) bond motifs is 1. The maximum atomic E-state index is 12.5. The van der Waals surface area contributed by atoms with Crippen LogP contribution in [0.15, 0.2) is 58.2 Å².